The number of nitrogens with one attached hydrogen (secondary N) is 1. The van der Waals surface area contributed by atoms with E-state index in [9.17, 15) is 4.39 Å². The van der Waals surface area contributed by atoms with Crippen molar-refractivity contribution in [2.24, 2.45) is 5.84 Å². The van der Waals surface area contributed by atoms with E-state index < -0.39 is 5.82 Å². The molecule has 0 aliphatic carbocycles. The first-order valence-corrected chi connectivity index (χ1v) is 5.88. The first kappa shape index (κ1) is 13.7. The second-order valence-corrected chi connectivity index (χ2v) is 3.83. The van der Waals surface area contributed by atoms with Gasteiger partial charge in [-0.25, -0.2) is 20.2 Å². The number of anilines is 1. The van der Waals surface area contributed by atoms with Crippen LogP contribution < -0.4 is 16.0 Å². The number of nitrogens with two attached hydrogens (primary N) is 1. The second-order valence-electron chi connectivity index (χ2n) is 3.83. The van der Waals surface area contributed by atoms with Gasteiger partial charge in [-0.2, -0.15) is 5.26 Å². The number of aromatic nitrogens is 2. The number of nitriles is 1. The molecule has 0 spiro atoms. The molecular formula is C13H12FN5O. The highest BCUT2D eigenvalue weighted by Crippen LogP contribution is 2.29. The number of ether oxygens (including phenoxy) is 1. The van der Waals surface area contributed by atoms with Crippen molar-refractivity contribution >= 4 is 5.82 Å². The first-order valence-electron chi connectivity index (χ1n) is 5.88. The van der Waals surface area contributed by atoms with Crippen LogP contribution in [0.3, 0.4) is 0 Å². The van der Waals surface area contributed by atoms with Gasteiger partial charge in [0.15, 0.2) is 0 Å². The Labute approximate surface area is 115 Å². The largest absolute Gasteiger partial charge is 0.437 e. The molecule has 1 heterocycles. The number of rotatable bonds is 4. The van der Waals surface area contributed by atoms with E-state index in [2.05, 4.69) is 15.4 Å². The summed E-state index contributed by atoms with van der Waals surface area (Å²) in [5.41, 5.74) is 2.91. The fourth-order valence-corrected chi connectivity index (χ4v) is 1.73. The lowest BCUT2D eigenvalue weighted by atomic mass is 10.2. The van der Waals surface area contributed by atoms with Gasteiger partial charge < -0.3 is 10.2 Å². The average Bonchev–Trinajstić information content (AvgIpc) is 2.47. The number of hydrogen-bond acceptors (Lipinski definition) is 6. The first-order chi connectivity index (χ1) is 9.71. The summed E-state index contributed by atoms with van der Waals surface area (Å²) in [6.45, 7) is 1.88. The number of benzene rings is 1. The van der Waals surface area contributed by atoms with Crippen molar-refractivity contribution in [3.63, 3.8) is 0 Å². The molecule has 0 atom stereocenters. The van der Waals surface area contributed by atoms with Gasteiger partial charge in [0.25, 0.3) is 0 Å². The molecule has 0 aliphatic heterocycles. The Morgan fingerprint density at radius 2 is 2.25 bits per heavy atom. The number of hydrazine groups is 1. The quantitative estimate of drug-likeness (QED) is 0.654. The van der Waals surface area contributed by atoms with E-state index in [1.807, 2.05) is 6.92 Å². The topological polar surface area (TPSA) is 96.8 Å². The Balaban J connectivity index is 2.46. The third-order valence-corrected chi connectivity index (χ3v) is 2.69. The van der Waals surface area contributed by atoms with Gasteiger partial charge in [-0.1, -0.05) is 13.0 Å². The summed E-state index contributed by atoms with van der Waals surface area (Å²) in [4.78, 5) is 7.96. The smallest absolute Gasteiger partial charge is 0.227 e. The molecule has 6 nitrogen and oxygen atoms in total. The zero-order valence-corrected chi connectivity index (χ0v) is 10.7. The molecule has 2 aromatic rings. The van der Waals surface area contributed by atoms with Crippen molar-refractivity contribution in [3.8, 4) is 17.7 Å². The number of nitrogen functional groups attached to an aromatic ring is 1. The lowest BCUT2D eigenvalue weighted by Crippen LogP contribution is -2.12. The monoisotopic (exact) mass is 273 g/mol. The molecule has 1 aromatic carbocycles. The van der Waals surface area contributed by atoms with E-state index in [1.165, 1.54) is 24.5 Å². The molecule has 0 saturated heterocycles. The van der Waals surface area contributed by atoms with Crippen LogP contribution in [0.2, 0.25) is 0 Å². The van der Waals surface area contributed by atoms with E-state index in [0.717, 1.165) is 0 Å². The summed E-state index contributed by atoms with van der Waals surface area (Å²) in [6, 6.07) is 5.92. The summed E-state index contributed by atoms with van der Waals surface area (Å²) < 4.78 is 19.1. The highest BCUT2D eigenvalue weighted by Gasteiger charge is 2.15. The summed E-state index contributed by atoms with van der Waals surface area (Å²) in [7, 11) is 0. The molecule has 0 fully saturated rings. The minimum atomic E-state index is -0.644. The molecule has 0 aliphatic rings. The molecule has 0 bridgehead atoms. The van der Waals surface area contributed by atoms with Gasteiger partial charge in [0.05, 0.1) is 5.56 Å². The highest BCUT2D eigenvalue weighted by molar-refractivity contribution is 5.51. The Kier molecular flexibility index (Phi) is 4.08. The van der Waals surface area contributed by atoms with Crippen molar-refractivity contribution in [1.29, 1.82) is 5.26 Å². The lowest BCUT2D eigenvalue weighted by molar-refractivity contribution is 0.449. The molecule has 0 saturated carbocycles. The van der Waals surface area contributed by atoms with Crippen LogP contribution in [0.25, 0.3) is 0 Å². The molecule has 20 heavy (non-hydrogen) atoms. The fraction of sp³-hybridized carbons (Fsp3) is 0.154. The van der Waals surface area contributed by atoms with E-state index >= 15 is 0 Å². The molecule has 0 unspecified atom stereocenters. The minimum absolute atomic E-state index is 0.101. The molecular weight excluding hydrogens is 261 g/mol. The van der Waals surface area contributed by atoms with E-state index in [4.69, 9.17) is 15.8 Å². The molecule has 3 N–H and O–H groups in total. The van der Waals surface area contributed by atoms with Gasteiger partial charge in [0, 0.05) is 0 Å². The Morgan fingerprint density at radius 3 is 2.90 bits per heavy atom. The average molecular weight is 273 g/mol. The van der Waals surface area contributed by atoms with Crippen LogP contribution in [0, 0.1) is 17.1 Å². The highest BCUT2D eigenvalue weighted by atomic mass is 19.1. The van der Waals surface area contributed by atoms with Gasteiger partial charge in [-0.15, -0.1) is 0 Å². The van der Waals surface area contributed by atoms with E-state index in [-0.39, 0.29) is 17.2 Å². The maximum atomic E-state index is 13.5. The number of nitrogens with zero attached hydrogens (tertiary/aromatic N) is 3. The molecule has 1 aromatic heterocycles. The molecule has 102 valence electrons. The SMILES string of the molecule is CCc1c(NN)ncnc1Oc1cccc(F)c1C#N. The zero-order chi connectivity index (χ0) is 14.5. The summed E-state index contributed by atoms with van der Waals surface area (Å²) >= 11 is 0. The van der Waals surface area contributed by atoms with Gasteiger partial charge in [0.2, 0.25) is 5.88 Å². The van der Waals surface area contributed by atoms with Crippen molar-refractivity contribution in [1.82, 2.24) is 9.97 Å². The lowest BCUT2D eigenvalue weighted by Gasteiger charge is -2.12. The second kappa shape index (κ2) is 5.95. The maximum absolute atomic E-state index is 13.5. The third kappa shape index (κ3) is 2.50. The molecule has 7 heteroatoms. The van der Waals surface area contributed by atoms with Gasteiger partial charge in [-0.3, -0.25) is 0 Å². The number of hydrogen-bond donors (Lipinski definition) is 2. The van der Waals surface area contributed by atoms with Gasteiger partial charge in [-0.05, 0) is 18.6 Å². The van der Waals surface area contributed by atoms with Crippen LogP contribution in [-0.4, -0.2) is 9.97 Å². The number of halogens is 1. The summed E-state index contributed by atoms with van der Waals surface area (Å²) in [5, 5.41) is 8.97. The van der Waals surface area contributed by atoms with Crippen molar-refractivity contribution < 1.29 is 9.13 Å². The van der Waals surface area contributed by atoms with Crippen LogP contribution >= 0.6 is 0 Å². The molecule has 2 rings (SSSR count). The Bertz CT molecular complexity index is 668. The van der Waals surface area contributed by atoms with Crippen molar-refractivity contribution in [2.75, 3.05) is 5.43 Å². The third-order valence-electron chi connectivity index (χ3n) is 2.69. The van der Waals surface area contributed by atoms with Crippen molar-refractivity contribution in [2.45, 2.75) is 13.3 Å². The standard InChI is InChI=1S/C13H12FN5O/c1-2-8-12(19-16)17-7-18-13(8)20-11-5-3-4-10(14)9(11)6-15/h3-5,7H,2,16H2,1H3,(H,17,18,19). The summed E-state index contributed by atoms with van der Waals surface area (Å²) in [5.74, 6) is 5.47. The predicted octanol–water partition coefficient (Wildman–Crippen LogP) is 2.13. The minimum Gasteiger partial charge on any atom is -0.437 e. The molecule has 0 radical (unpaired) electrons. The summed E-state index contributed by atoms with van der Waals surface area (Å²) in [6.07, 6.45) is 1.84. The molecule has 0 amide bonds. The van der Waals surface area contributed by atoms with Gasteiger partial charge in [0.1, 0.15) is 35.3 Å². The van der Waals surface area contributed by atoms with E-state index in [1.54, 1.807) is 6.07 Å². The Morgan fingerprint density at radius 1 is 1.45 bits per heavy atom. The van der Waals surface area contributed by atoms with Crippen molar-refractivity contribution in [3.05, 3.63) is 41.5 Å². The van der Waals surface area contributed by atoms with Crippen LogP contribution in [-0.2, 0) is 6.42 Å². The Hall–Kier alpha value is -2.72. The normalized spacial score (nSPS) is 9.90. The van der Waals surface area contributed by atoms with E-state index in [0.29, 0.717) is 17.8 Å². The van der Waals surface area contributed by atoms with Crippen LogP contribution in [0.5, 0.6) is 11.6 Å². The fourth-order valence-electron chi connectivity index (χ4n) is 1.73. The zero-order valence-electron chi connectivity index (χ0n) is 10.7. The predicted molar refractivity (Wildman–Crippen MR) is 70.4 cm³/mol. The van der Waals surface area contributed by atoms with Crippen LogP contribution in [0.15, 0.2) is 24.5 Å². The maximum Gasteiger partial charge on any atom is 0.227 e. The van der Waals surface area contributed by atoms with Gasteiger partial charge >= 0.3 is 0 Å². The van der Waals surface area contributed by atoms with Crippen LogP contribution in [0.4, 0.5) is 10.2 Å². The van der Waals surface area contributed by atoms with Crippen LogP contribution in [0.1, 0.15) is 18.1 Å².